The van der Waals surface area contributed by atoms with Crippen LogP contribution in [-0.2, 0) is 16.0 Å². The van der Waals surface area contributed by atoms with E-state index in [-0.39, 0.29) is 6.61 Å². The minimum atomic E-state index is -0.754. The molecule has 5 rings (SSSR count). The number of hydrogen-bond acceptors (Lipinski definition) is 8. The van der Waals surface area contributed by atoms with Crippen LogP contribution in [0.1, 0.15) is 5.56 Å². The predicted octanol–water partition coefficient (Wildman–Crippen LogP) is 4.41. The largest absolute Gasteiger partial charge is 0.497 e. The number of fused-ring (bicyclic) bond motifs is 2. The van der Waals surface area contributed by atoms with E-state index in [2.05, 4.69) is 15.3 Å². The molecule has 1 atom stereocenters. The Morgan fingerprint density at radius 2 is 1.76 bits per heavy atom. The van der Waals surface area contributed by atoms with Crippen molar-refractivity contribution in [1.82, 2.24) is 15.0 Å². The maximum atomic E-state index is 12.5. The van der Waals surface area contributed by atoms with E-state index in [4.69, 9.17) is 20.2 Å². The highest BCUT2D eigenvalue weighted by Gasteiger charge is 2.18. The molecule has 2 aromatic heterocycles. The maximum absolute atomic E-state index is 12.5. The topological polar surface area (TPSA) is 118 Å². The van der Waals surface area contributed by atoms with Crippen molar-refractivity contribution in [2.24, 2.45) is 5.73 Å². The second-order valence-corrected chi connectivity index (χ2v) is 8.91. The number of aromatic amines is 1. The molecule has 0 aliphatic carbocycles. The highest BCUT2D eigenvalue weighted by molar-refractivity contribution is 5.92. The van der Waals surface area contributed by atoms with Gasteiger partial charge in [0.2, 0.25) is 5.95 Å². The lowest BCUT2D eigenvalue weighted by atomic mass is 10.1. The number of carbonyl (C=O) groups excluding carboxylic acids is 1. The van der Waals surface area contributed by atoms with Gasteiger partial charge in [-0.1, -0.05) is 30.3 Å². The zero-order valence-corrected chi connectivity index (χ0v) is 21.3. The molecule has 0 aliphatic heterocycles. The average Bonchev–Trinajstić information content (AvgIpc) is 3.37. The molecule has 9 nitrogen and oxygen atoms in total. The van der Waals surface area contributed by atoms with Crippen LogP contribution in [0.2, 0.25) is 0 Å². The van der Waals surface area contributed by atoms with Crippen LogP contribution in [0.15, 0.2) is 79.0 Å². The van der Waals surface area contributed by atoms with Crippen LogP contribution in [0.4, 0.5) is 17.5 Å². The first kappa shape index (κ1) is 25.0. The van der Waals surface area contributed by atoms with Gasteiger partial charge in [-0.3, -0.25) is 4.79 Å². The Labute approximate surface area is 220 Å². The third-order valence-corrected chi connectivity index (χ3v) is 6.41. The summed E-state index contributed by atoms with van der Waals surface area (Å²) in [6.45, 7) is 0.482. The van der Waals surface area contributed by atoms with E-state index in [9.17, 15) is 4.79 Å². The van der Waals surface area contributed by atoms with Gasteiger partial charge in [0, 0.05) is 41.6 Å². The Kier molecular flexibility index (Phi) is 7.37. The Balaban J connectivity index is 1.22. The molecule has 4 N–H and O–H groups in total. The molecule has 0 radical (unpaired) electrons. The number of nitrogens with two attached hydrogens (primary N) is 1. The Morgan fingerprint density at radius 1 is 1.03 bits per heavy atom. The molecule has 5 aromatic rings. The van der Waals surface area contributed by atoms with E-state index in [1.165, 1.54) is 0 Å². The molecule has 0 fully saturated rings. The number of nitrogens with zero attached hydrogens (tertiary/aromatic N) is 3. The number of hydrogen-bond donors (Lipinski definition) is 3. The number of methoxy groups -OCH3 is 1. The number of anilines is 3. The summed E-state index contributed by atoms with van der Waals surface area (Å²) in [6, 6.07) is 22.8. The molecule has 0 saturated heterocycles. The lowest BCUT2D eigenvalue weighted by Gasteiger charge is -2.21. The molecular formula is C29H30N6O3. The minimum absolute atomic E-state index is 0.139. The maximum Gasteiger partial charge on any atom is 0.323 e. The second kappa shape index (κ2) is 11.2. The summed E-state index contributed by atoms with van der Waals surface area (Å²) in [5.41, 5.74) is 9.90. The zero-order valence-electron chi connectivity index (χ0n) is 21.3. The van der Waals surface area contributed by atoms with E-state index >= 15 is 0 Å². The fourth-order valence-corrected chi connectivity index (χ4v) is 4.36. The summed E-state index contributed by atoms with van der Waals surface area (Å²) in [7, 11) is 3.60. The summed E-state index contributed by atoms with van der Waals surface area (Å²) < 4.78 is 10.7. The van der Waals surface area contributed by atoms with Crippen molar-refractivity contribution in [2.45, 2.75) is 12.5 Å². The van der Waals surface area contributed by atoms with Crippen LogP contribution in [0, 0.1) is 0 Å². The fraction of sp³-hybridized carbons (Fsp3) is 0.207. The van der Waals surface area contributed by atoms with Crippen molar-refractivity contribution in [2.75, 3.05) is 37.5 Å². The van der Waals surface area contributed by atoms with E-state index in [1.807, 2.05) is 90.9 Å². The van der Waals surface area contributed by atoms with Gasteiger partial charge in [-0.15, -0.1) is 0 Å². The number of aromatic nitrogens is 3. The molecule has 0 aliphatic rings. The summed E-state index contributed by atoms with van der Waals surface area (Å²) >= 11 is 0. The van der Waals surface area contributed by atoms with Crippen LogP contribution < -0.4 is 20.7 Å². The monoisotopic (exact) mass is 510 g/mol. The van der Waals surface area contributed by atoms with Gasteiger partial charge in [0.15, 0.2) is 0 Å². The number of ether oxygens (including phenoxy) is 2. The smallest absolute Gasteiger partial charge is 0.323 e. The number of H-pyrrole nitrogens is 1. The lowest BCUT2D eigenvalue weighted by Crippen LogP contribution is -2.35. The third kappa shape index (κ3) is 5.37. The Morgan fingerprint density at radius 3 is 2.55 bits per heavy atom. The molecule has 3 aromatic carbocycles. The first-order valence-electron chi connectivity index (χ1n) is 12.4. The molecule has 2 heterocycles. The van der Waals surface area contributed by atoms with Crippen molar-refractivity contribution >= 4 is 45.2 Å². The Bertz CT molecular complexity index is 1550. The zero-order chi connectivity index (χ0) is 26.5. The summed E-state index contributed by atoms with van der Waals surface area (Å²) in [6.07, 6.45) is 2.28. The van der Waals surface area contributed by atoms with Gasteiger partial charge in [0.05, 0.1) is 19.2 Å². The van der Waals surface area contributed by atoms with Crippen molar-refractivity contribution in [3.63, 3.8) is 0 Å². The first-order chi connectivity index (χ1) is 18.5. The van der Waals surface area contributed by atoms with Gasteiger partial charge in [0.25, 0.3) is 0 Å². The summed E-state index contributed by atoms with van der Waals surface area (Å²) in [5, 5.41) is 5.15. The molecule has 0 spiro atoms. The molecule has 9 heteroatoms. The van der Waals surface area contributed by atoms with Crippen LogP contribution in [0.3, 0.4) is 0 Å². The predicted molar refractivity (Wildman–Crippen MR) is 150 cm³/mol. The summed E-state index contributed by atoms with van der Waals surface area (Å²) in [5.74, 6) is 1.53. The molecule has 0 bridgehead atoms. The van der Waals surface area contributed by atoms with Gasteiger partial charge in [-0.05, 0) is 48.0 Å². The van der Waals surface area contributed by atoms with Gasteiger partial charge in [-0.25, -0.2) is 4.98 Å². The highest BCUT2D eigenvalue weighted by atomic mass is 16.5. The molecular weight excluding hydrogens is 480 g/mol. The molecule has 38 heavy (non-hydrogen) atoms. The third-order valence-electron chi connectivity index (χ3n) is 6.41. The van der Waals surface area contributed by atoms with Crippen LogP contribution in [0.5, 0.6) is 5.75 Å². The summed E-state index contributed by atoms with van der Waals surface area (Å²) in [4.78, 5) is 27.1. The Hall–Kier alpha value is -4.63. The average molecular weight is 511 g/mol. The van der Waals surface area contributed by atoms with Gasteiger partial charge >= 0.3 is 5.97 Å². The van der Waals surface area contributed by atoms with E-state index in [0.717, 1.165) is 44.6 Å². The van der Waals surface area contributed by atoms with Crippen molar-refractivity contribution in [3.8, 4) is 5.75 Å². The van der Waals surface area contributed by atoms with Gasteiger partial charge < -0.3 is 30.4 Å². The quantitative estimate of drug-likeness (QED) is 0.187. The van der Waals surface area contributed by atoms with Crippen molar-refractivity contribution in [1.29, 1.82) is 0 Å². The number of rotatable bonds is 10. The van der Waals surface area contributed by atoms with Gasteiger partial charge in [0.1, 0.15) is 24.2 Å². The normalized spacial score (nSPS) is 11.9. The van der Waals surface area contributed by atoms with Crippen LogP contribution in [-0.4, -0.2) is 54.3 Å². The van der Waals surface area contributed by atoms with Gasteiger partial charge in [-0.2, -0.15) is 4.98 Å². The molecule has 1 unspecified atom stereocenters. The minimum Gasteiger partial charge on any atom is -0.497 e. The fourth-order valence-electron chi connectivity index (χ4n) is 4.36. The molecule has 0 amide bonds. The van der Waals surface area contributed by atoms with E-state index in [1.54, 1.807) is 7.11 Å². The number of benzene rings is 3. The second-order valence-electron chi connectivity index (χ2n) is 8.91. The SMILES string of the molecule is COc1ccc(N(C)c2nc(NCCOC(=O)C(N)Cc3c[nH]c4ccccc34)nc3ccccc23)cc1. The van der Waals surface area contributed by atoms with Crippen LogP contribution in [0.25, 0.3) is 21.8 Å². The lowest BCUT2D eigenvalue weighted by molar-refractivity contribution is -0.144. The first-order valence-corrected chi connectivity index (χ1v) is 12.4. The van der Waals surface area contributed by atoms with Crippen LogP contribution >= 0.6 is 0 Å². The number of esters is 1. The highest BCUT2D eigenvalue weighted by Crippen LogP contribution is 2.30. The van der Waals surface area contributed by atoms with Crippen molar-refractivity contribution < 1.29 is 14.3 Å². The standard InChI is InChI=1S/C29H30N6O3/c1-35(20-11-13-21(37-2)14-12-20)27-23-8-4-6-10-26(23)33-29(34-27)31-15-16-38-28(36)24(30)17-19-18-32-25-9-5-3-7-22(19)25/h3-14,18,24,32H,15-17,30H2,1-2H3,(H,31,33,34). The number of carbonyl (C=O) groups is 1. The van der Waals surface area contributed by atoms with E-state index in [0.29, 0.717) is 18.9 Å². The molecule has 194 valence electrons. The van der Waals surface area contributed by atoms with E-state index < -0.39 is 12.0 Å². The van der Waals surface area contributed by atoms with Crippen molar-refractivity contribution in [3.05, 3.63) is 84.6 Å². The molecule has 0 saturated carbocycles. The number of nitrogens with one attached hydrogen (secondary N) is 2. The number of para-hydroxylation sites is 2.